The van der Waals surface area contributed by atoms with Gasteiger partial charge in [-0.15, -0.1) is 0 Å². The topological polar surface area (TPSA) is 47.1 Å². The van der Waals surface area contributed by atoms with Crippen molar-refractivity contribution in [1.82, 2.24) is 14.5 Å². The van der Waals surface area contributed by atoms with Crippen molar-refractivity contribution >= 4 is 0 Å². The minimum atomic E-state index is 0.221. The molecule has 0 amide bonds. The average molecular weight is 270 g/mol. The number of imidazole rings is 1. The van der Waals surface area contributed by atoms with Gasteiger partial charge in [0.1, 0.15) is 0 Å². The number of rotatable bonds is 6. The molecule has 0 radical (unpaired) electrons. The molecule has 1 atom stereocenters. The molecule has 1 fully saturated rings. The largest absolute Gasteiger partial charge is 0.330 e. The fourth-order valence-electron chi connectivity index (χ4n) is 2.74. The summed E-state index contributed by atoms with van der Waals surface area (Å²) < 4.78 is 2.30. The zero-order valence-corrected chi connectivity index (χ0v) is 11.9. The predicted octanol–water partition coefficient (Wildman–Crippen LogP) is 2.35. The number of nitrogens with zero attached hydrogens (tertiary/aromatic N) is 3. The van der Waals surface area contributed by atoms with Gasteiger partial charge in [0, 0.05) is 25.3 Å². The summed E-state index contributed by atoms with van der Waals surface area (Å²) in [6, 6.07) is 11.4. The lowest BCUT2D eigenvalue weighted by Crippen LogP contribution is -2.31. The minimum absolute atomic E-state index is 0.221. The highest BCUT2D eigenvalue weighted by Gasteiger charge is 2.28. The lowest BCUT2D eigenvalue weighted by molar-refractivity contribution is 0.232. The Bertz CT molecular complexity index is 545. The SMILES string of the molecule is CN(Cc1ccccc1)C(CN)c1cncn1C1CC1. The fraction of sp³-hybridized carbons (Fsp3) is 0.438. The Morgan fingerprint density at radius 1 is 1.35 bits per heavy atom. The molecule has 0 bridgehead atoms. The Balaban J connectivity index is 1.76. The molecular formula is C16H22N4. The third-order valence-corrected chi connectivity index (χ3v) is 4.01. The van der Waals surface area contributed by atoms with Crippen molar-refractivity contribution in [2.75, 3.05) is 13.6 Å². The number of benzene rings is 1. The highest BCUT2D eigenvalue weighted by molar-refractivity contribution is 5.16. The molecule has 0 spiro atoms. The summed E-state index contributed by atoms with van der Waals surface area (Å²) in [5.41, 5.74) is 8.58. The summed E-state index contributed by atoms with van der Waals surface area (Å²) >= 11 is 0. The summed E-state index contributed by atoms with van der Waals surface area (Å²) in [6.07, 6.45) is 6.45. The van der Waals surface area contributed by atoms with E-state index in [2.05, 4.69) is 45.8 Å². The first-order chi connectivity index (χ1) is 9.79. The van der Waals surface area contributed by atoms with E-state index in [1.807, 2.05) is 18.6 Å². The molecule has 1 aliphatic carbocycles. The van der Waals surface area contributed by atoms with Gasteiger partial charge in [0.25, 0.3) is 0 Å². The van der Waals surface area contributed by atoms with Gasteiger partial charge in [-0.2, -0.15) is 0 Å². The van der Waals surface area contributed by atoms with Gasteiger partial charge in [-0.25, -0.2) is 4.98 Å². The molecule has 4 nitrogen and oxygen atoms in total. The van der Waals surface area contributed by atoms with Crippen LogP contribution in [0.1, 0.15) is 36.2 Å². The maximum Gasteiger partial charge on any atom is 0.0951 e. The van der Waals surface area contributed by atoms with E-state index < -0.39 is 0 Å². The van der Waals surface area contributed by atoms with Gasteiger partial charge in [-0.3, -0.25) is 4.90 Å². The van der Waals surface area contributed by atoms with E-state index >= 15 is 0 Å². The van der Waals surface area contributed by atoms with E-state index in [4.69, 9.17) is 5.73 Å². The highest BCUT2D eigenvalue weighted by Crippen LogP contribution is 2.37. The molecular weight excluding hydrogens is 248 g/mol. The second-order valence-electron chi connectivity index (χ2n) is 5.61. The van der Waals surface area contributed by atoms with Crippen LogP contribution in [-0.2, 0) is 6.54 Å². The van der Waals surface area contributed by atoms with Crippen molar-refractivity contribution in [3.05, 3.63) is 54.1 Å². The van der Waals surface area contributed by atoms with Crippen molar-refractivity contribution in [2.24, 2.45) is 5.73 Å². The van der Waals surface area contributed by atoms with Gasteiger partial charge in [0.2, 0.25) is 0 Å². The van der Waals surface area contributed by atoms with Gasteiger partial charge in [0.05, 0.1) is 18.1 Å². The standard InChI is InChI=1S/C16H22N4/c1-19(11-13-5-3-2-4-6-13)15(9-17)16-10-18-12-20(16)14-7-8-14/h2-6,10,12,14-15H,7-9,11,17H2,1H3. The molecule has 1 heterocycles. The van der Waals surface area contributed by atoms with Crippen molar-refractivity contribution in [3.63, 3.8) is 0 Å². The van der Waals surface area contributed by atoms with Crippen molar-refractivity contribution in [3.8, 4) is 0 Å². The quantitative estimate of drug-likeness (QED) is 0.876. The highest BCUT2D eigenvalue weighted by atomic mass is 15.2. The monoisotopic (exact) mass is 270 g/mol. The van der Waals surface area contributed by atoms with Crippen LogP contribution in [0.5, 0.6) is 0 Å². The third kappa shape index (κ3) is 2.76. The van der Waals surface area contributed by atoms with Crippen LogP contribution in [-0.4, -0.2) is 28.0 Å². The molecule has 20 heavy (non-hydrogen) atoms. The van der Waals surface area contributed by atoms with Crippen LogP contribution in [0.3, 0.4) is 0 Å². The molecule has 4 heteroatoms. The van der Waals surface area contributed by atoms with Crippen molar-refractivity contribution in [2.45, 2.75) is 31.5 Å². The van der Waals surface area contributed by atoms with E-state index in [1.54, 1.807) is 0 Å². The number of hydrogen-bond acceptors (Lipinski definition) is 3. The average Bonchev–Trinajstić information content (AvgIpc) is 3.20. The zero-order valence-electron chi connectivity index (χ0n) is 11.9. The first-order valence-electron chi connectivity index (χ1n) is 7.25. The maximum atomic E-state index is 6.03. The van der Waals surface area contributed by atoms with Crippen LogP contribution in [0.25, 0.3) is 0 Å². The molecule has 3 rings (SSSR count). The molecule has 1 aromatic heterocycles. The summed E-state index contributed by atoms with van der Waals surface area (Å²) in [5.74, 6) is 0. The minimum Gasteiger partial charge on any atom is -0.330 e. The zero-order chi connectivity index (χ0) is 13.9. The molecule has 106 valence electrons. The normalized spacial score (nSPS) is 16.6. The van der Waals surface area contributed by atoms with Gasteiger partial charge < -0.3 is 10.3 Å². The van der Waals surface area contributed by atoms with Crippen LogP contribution < -0.4 is 5.73 Å². The molecule has 0 aliphatic heterocycles. The third-order valence-electron chi connectivity index (χ3n) is 4.01. The summed E-state index contributed by atoms with van der Waals surface area (Å²) in [7, 11) is 2.13. The number of nitrogens with two attached hydrogens (primary N) is 1. The number of hydrogen-bond donors (Lipinski definition) is 1. The van der Waals surface area contributed by atoms with Gasteiger partial charge >= 0.3 is 0 Å². The molecule has 1 aromatic carbocycles. The predicted molar refractivity (Wildman–Crippen MR) is 80.2 cm³/mol. The number of aromatic nitrogens is 2. The first-order valence-corrected chi connectivity index (χ1v) is 7.25. The Hall–Kier alpha value is -1.65. The van der Waals surface area contributed by atoms with E-state index in [9.17, 15) is 0 Å². The Kier molecular flexibility index (Phi) is 3.85. The molecule has 1 unspecified atom stereocenters. The van der Waals surface area contributed by atoms with Gasteiger partial charge in [0.15, 0.2) is 0 Å². The fourth-order valence-corrected chi connectivity index (χ4v) is 2.74. The number of likely N-dealkylation sites (N-methyl/N-ethyl adjacent to an activating group) is 1. The van der Waals surface area contributed by atoms with Crippen LogP contribution in [0, 0.1) is 0 Å². The van der Waals surface area contributed by atoms with Crippen molar-refractivity contribution < 1.29 is 0 Å². The van der Waals surface area contributed by atoms with E-state index in [0.717, 1.165) is 6.54 Å². The van der Waals surface area contributed by atoms with E-state index in [-0.39, 0.29) is 6.04 Å². The van der Waals surface area contributed by atoms with Crippen LogP contribution in [0.2, 0.25) is 0 Å². The molecule has 1 saturated carbocycles. The summed E-state index contributed by atoms with van der Waals surface area (Å²) in [5, 5.41) is 0. The Morgan fingerprint density at radius 2 is 2.10 bits per heavy atom. The maximum absolute atomic E-state index is 6.03. The second kappa shape index (κ2) is 5.77. The van der Waals surface area contributed by atoms with Crippen LogP contribution in [0.15, 0.2) is 42.9 Å². The second-order valence-corrected chi connectivity index (χ2v) is 5.61. The molecule has 2 N–H and O–H groups in total. The Morgan fingerprint density at radius 3 is 2.75 bits per heavy atom. The lowest BCUT2D eigenvalue weighted by atomic mass is 10.1. The molecule has 0 saturated heterocycles. The van der Waals surface area contributed by atoms with Gasteiger partial charge in [-0.05, 0) is 25.5 Å². The van der Waals surface area contributed by atoms with Gasteiger partial charge in [-0.1, -0.05) is 30.3 Å². The first kappa shape index (κ1) is 13.3. The van der Waals surface area contributed by atoms with Crippen molar-refractivity contribution in [1.29, 1.82) is 0 Å². The summed E-state index contributed by atoms with van der Waals surface area (Å²) in [6.45, 7) is 1.51. The smallest absolute Gasteiger partial charge is 0.0951 e. The van der Waals surface area contributed by atoms with E-state index in [0.29, 0.717) is 12.6 Å². The van der Waals surface area contributed by atoms with Crippen LogP contribution >= 0.6 is 0 Å². The molecule has 2 aromatic rings. The molecule has 1 aliphatic rings. The Labute approximate surface area is 120 Å². The van der Waals surface area contributed by atoms with E-state index in [1.165, 1.54) is 24.1 Å². The summed E-state index contributed by atoms with van der Waals surface area (Å²) in [4.78, 5) is 6.63. The lowest BCUT2D eigenvalue weighted by Gasteiger charge is -2.28. The van der Waals surface area contributed by atoms with Crippen LogP contribution in [0.4, 0.5) is 0 Å².